The van der Waals surface area contributed by atoms with E-state index < -0.39 is 21.6 Å². The molecule has 1 aliphatic heterocycles. The van der Waals surface area contributed by atoms with Crippen LogP contribution in [0.2, 0.25) is 5.02 Å². The van der Waals surface area contributed by atoms with E-state index in [0.29, 0.717) is 0 Å². The summed E-state index contributed by atoms with van der Waals surface area (Å²) in [7, 11) is -3.60. The fourth-order valence-electron chi connectivity index (χ4n) is 2.39. The second-order valence-electron chi connectivity index (χ2n) is 5.81. The minimum Gasteiger partial charge on any atom is -0.478 e. The molecule has 10 heteroatoms. The Kier molecular flexibility index (Phi) is 6.35. The van der Waals surface area contributed by atoms with E-state index in [1.54, 1.807) is 6.92 Å². The van der Waals surface area contributed by atoms with Crippen molar-refractivity contribution >= 4 is 39.0 Å². The molecular weight excluding hydrogens is 395 g/mol. The smallest absolute Gasteiger partial charge is 0.337 e. The van der Waals surface area contributed by atoms with Gasteiger partial charge >= 0.3 is 5.97 Å². The molecule has 0 radical (unpaired) electrons. The maximum Gasteiger partial charge on any atom is 0.337 e. The van der Waals surface area contributed by atoms with Crippen molar-refractivity contribution in [3.63, 3.8) is 0 Å². The normalized spacial score (nSPS) is 23.8. The molecule has 0 saturated carbocycles. The molecule has 0 aliphatic carbocycles. The second-order valence-corrected chi connectivity index (χ2v) is 8.44. The number of sulfone groups is 1. The minimum absolute atomic E-state index is 0.0725. The zero-order chi connectivity index (χ0) is 18.8. The van der Waals surface area contributed by atoms with Gasteiger partial charge in [-0.05, 0) is 19.1 Å². The van der Waals surface area contributed by atoms with Crippen LogP contribution in [0.4, 0.5) is 0 Å². The summed E-state index contributed by atoms with van der Waals surface area (Å²) in [5.74, 6) is -1.97. The van der Waals surface area contributed by atoms with E-state index in [0.717, 1.165) is 12.3 Å². The predicted octanol–water partition coefficient (Wildman–Crippen LogP) is 2.33. The molecule has 1 aromatic carbocycles. The molecule has 1 N–H and O–H groups in total. The van der Waals surface area contributed by atoms with E-state index in [9.17, 15) is 13.2 Å². The van der Waals surface area contributed by atoms with Crippen LogP contribution in [0, 0.1) is 0 Å². The second kappa shape index (κ2) is 7.77. The van der Waals surface area contributed by atoms with Crippen molar-refractivity contribution in [3.8, 4) is 0 Å². The summed E-state index contributed by atoms with van der Waals surface area (Å²) in [4.78, 5) is 11.1. The SMILES string of the molecule is CC1(CCl)OCC(COCc2c(S(C)(=O)=O)ccc(C(=O)O)c2Cl)O1. The maximum atomic E-state index is 11.9. The monoisotopic (exact) mass is 412 g/mol. The van der Waals surface area contributed by atoms with Crippen LogP contribution in [0.3, 0.4) is 0 Å². The number of ether oxygens (including phenoxy) is 3. The molecule has 1 aromatic rings. The van der Waals surface area contributed by atoms with Gasteiger partial charge < -0.3 is 19.3 Å². The molecule has 25 heavy (non-hydrogen) atoms. The molecule has 1 heterocycles. The molecule has 0 amide bonds. The lowest BCUT2D eigenvalue weighted by Gasteiger charge is -2.20. The first kappa shape index (κ1) is 20.4. The number of aromatic carboxylic acids is 1. The van der Waals surface area contributed by atoms with Crippen molar-refractivity contribution in [1.82, 2.24) is 0 Å². The van der Waals surface area contributed by atoms with Gasteiger partial charge in [-0.15, -0.1) is 11.6 Å². The average molecular weight is 413 g/mol. The highest BCUT2D eigenvalue weighted by atomic mass is 35.5. The van der Waals surface area contributed by atoms with Crippen LogP contribution in [-0.2, 0) is 30.7 Å². The Morgan fingerprint density at radius 1 is 1.48 bits per heavy atom. The lowest BCUT2D eigenvalue weighted by Crippen LogP contribution is -2.29. The molecule has 2 atom stereocenters. The first-order valence-corrected chi connectivity index (χ1v) is 10.1. The van der Waals surface area contributed by atoms with Crippen LogP contribution in [-0.4, -0.2) is 56.7 Å². The fourth-order valence-corrected chi connectivity index (χ4v) is 3.81. The number of alkyl halides is 1. The van der Waals surface area contributed by atoms with Gasteiger partial charge in [0.25, 0.3) is 0 Å². The van der Waals surface area contributed by atoms with Crippen LogP contribution >= 0.6 is 23.2 Å². The highest BCUT2D eigenvalue weighted by molar-refractivity contribution is 7.90. The van der Waals surface area contributed by atoms with Gasteiger partial charge in [0, 0.05) is 11.8 Å². The molecule has 1 saturated heterocycles. The molecule has 1 fully saturated rings. The van der Waals surface area contributed by atoms with Gasteiger partial charge in [-0.3, -0.25) is 0 Å². The minimum atomic E-state index is -3.60. The fraction of sp³-hybridized carbons (Fsp3) is 0.533. The molecule has 0 bridgehead atoms. The first-order chi connectivity index (χ1) is 11.6. The lowest BCUT2D eigenvalue weighted by atomic mass is 10.1. The van der Waals surface area contributed by atoms with Gasteiger partial charge in [0.05, 0.1) is 41.2 Å². The largest absolute Gasteiger partial charge is 0.478 e. The quantitative estimate of drug-likeness (QED) is 0.685. The number of hydrogen-bond donors (Lipinski definition) is 1. The van der Waals surface area contributed by atoms with Crippen molar-refractivity contribution in [1.29, 1.82) is 0 Å². The van der Waals surface area contributed by atoms with E-state index >= 15 is 0 Å². The average Bonchev–Trinajstić information content (AvgIpc) is 2.89. The highest BCUT2D eigenvalue weighted by Crippen LogP contribution is 2.30. The Morgan fingerprint density at radius 3 is 2.68 bits per heavy atom. The summed E-state index contributed by atoms with van der Waals surface area (Å²) >= 11 is 11.8. The topological polar surface area (TPSA) is 99.1 Å². The number of carbonyl (C=O) groups is 1. The summed E-state index contributed by atoms with van der Waals surface area (Å²) in [6.07, 6.45) is 0.648. The van der Waals surface area contributed by atoms with Crippen LogP contribution in [0.25, 0.3) is 0 Å². The van der Waals surface area contributed by atoms with Crippen molar-refractivity contribution in [2.24, 2.45) is 0 Å². The molecule has 140 valence electrons. The Morgan fingerprint density at radius 2 is 2.16 bits per heavy atom. The van der Waals surface area contributed by atoms with Gasteiger partial charge in [0.2, 0.25) is 0 Å². The summed E-state index contributed by atoms with van der Waals surface area (Å²) in [5, 5.41) is 8.98. The standard InChI is InChI=1S/C15H18Cl2O7S/c1-15(8-16)23-6-9(24-15)5-22-7-11-12(25(2,20)21)4-3-10(13(11)17)14(18)19/h3-4,9H,5-8H2,1-2H3,(H,18,19). The molecular formula is C15H18Cl2O7S. The zero-order valence-electron chi connectivity index (χ0n) is 13.6. The van der Waals surface area contributed by atoms with E-state index in [-0.39, 0.29) is 52.8 Å². The third-order valence-corrected chi connectivity index (χ3v) is 5.71. The van der Waals surface area contributed by atoms with Crippen molar-refractivity contribution in [3.05, 3.63) is 28.3 Å². The maximum absolute atomic E-state index is 11.9. The van der Waals surface area contributed by atoms with E-state index in [2.05, 4.69) is 0 Å². The van der Waals surface area contributed by atoms with Crippen molar-refractivity contribution < 1.29 is 32.5 Å². The summed E-state index contributed by atoms with van der Waals surface area (Å²) < 4.78 is 40.3. The molecule has 7 nitrogen and oxygen atoms in total. The number of carboxylic acid groups (broad SMARTS) is 1. The van der Waals surface area contributed by atoms with Crippen molar-refractivity contribution in [2.45, 2.75) is 30.3 Å². The van der Waals surface area contributed by atoms with E-state index in [1.807, 2.05) is 0 Å². The van der Waals surface area contributed by atoms with Gasteiger partial charge in [0.1, 0.15) is 6.10 Å². The van der Waals surface area contributed by atoms with Gasteiger partial charge in [-0.2, -0.15) is 0 Å². The number of halogens is 2. The summed E-state index contributed by atoms with van der Waals surface area (Å²) in [6, 6.07) is 2.37. The van der Waals surface area contributed by atoms with Gasteiger partial charge in [0.15, 0.2) is 15.6 Å². The van der Waals surface area contributed by atoms with Gasteiger partial charge in [-0.1, -0.05) is 11.6 Å². The number of benzene rings is 1. The third kappa shape index (κ3) is 4.84. The Labute approximate surface area is 155 Å². The van der Waals surface area contributed by atoms with Crippen LogP contribution in [0.5, 0.6) is 0 Å². The van der Waals surface area contributed by atoms with E-state index in [1.165, 1.54) is 6.07 Å². The predicted molar refractivity (Wildman–Crippen MR) is 91.1 cm³/mol. The number of hydrogen-bond acceptors (Lipinski definition) is 6. The van der Waals surface area contributed by atoms with Crippen LogP contribution in [0.1, 0.15) is 22.8 Å². The zero-order valence-corrected chi connectivity index (χ0v) is 15.9. The number of rotatable bonds is 7. The van der Waals surface area contributed by atoms with Crippen LogP contribution in [0.15, 0.2) is 17.0 Å². The van der Waals surface area contributed by atoms with E-state index in [4.69, 9.17) is 42.5 Å². The first-order valence-electron chi connectivity index (χ1n) is 7.27. The van der Waals surface area contributed by atoms with Gasteiger partial charge in [-0.25, -0.2) is 13.2 Å². The highest BCUT2D eigenvalue weighted by Gasteiger charge is 2.36. The lowest BCUT2D eigenvalue weighted by molar-refractivity contribution is -0.142. The Bertz CT molecular complexity index is 765. The third-order valence-electron chi connectivity index (χ3n) is 3.61. The van der Waals surface area contributed by atoms with Crippen molar-refractivity contribution in [2.75, 3.05) is 25.3 Å². The molecule has 2 unspecified atom stereocenters. The summed E-state index contributed by atoms with van der Waals surface area (Å²) in [6.45, 7) is 1.92. The Hall–Kier alpha value is -0.900. The number of carboxylic acids is 1. The molecule has 2 rings (SSSR count). The molecule has 1 aliphatic rings. The molecule has 0 aromatic heterocycles. The summed E-state index contributed by atoms with van der Waals surface area (Å²) in [5.41, 5.74) is -0.0917. The molecule has 0 spiro atoms. The van der Waals surface area contributed by atoms with Crippen LogP contribution < -0.4 is 0 Å². The Balaban J connectivity index is 2.15.